The molecule has 0 fully saturated rings. The van der Waals surface area contributed by atoms with E-state index < -0.39 is 11.7 Å². The molecule has 2 amide bonds. The van der Waals surface area contributed by atoms with Gasteiger partial charge in [-0.05, 0) is 70.5 Å². The maximum atomic E-state index is 12.3. The largest absolute Gasteiger partial charge is 0.444 e. The second-order valence-corrected chi connectivity index (χ2v) is 6.98. The monoisotopic (exact) mass is 340 g/mol. The Bertz CT molecular complexity index is 775. The van der Waals surface area contributed by atoms with Crippen molar-refractivity contribution in [3.8, 4) is 0 Å². The zero-order valence-electron chi connectivity index (χ0n) is 15.3. The molecule has 2 N–H and O–H groups in total. The van der Waals surface area contributed by atoms with Gasteiger partial charge in [-0.1, -0.05) is 17.7 Å². The van der Waals surface area contributed by atoms with Crippen LogP contribution in [0, 0.1) is 13.8 Å². The fourth-order valence-corrected chi connectivity index (χ4v) is 2.27. The lowest BCUT2D eigenvalue weighted by atomic mass is 10.1. The van der Waals surface area contributed by atoms with E-state index in [2.05, 4.69) is 10.6 Å². The molecule has 0 saturated carbocycles. The summed E-state index contributed by atoms with van der Waals surface area (Å²) in [5.41, 5.74) is 3.46. The number of amides is 2. The topological polar surface area (TPSA) is 67.4 Å². The van der Waals surface area contributed by atoms with Crippen molar-refractivity contribution < 1.29 is 14.3 Å². The van der Waals surface area contributed by atoms with Crippen LogP contribution in [-0.4, -0.2) is 17.6 Å². The molecule has 5 nitrogen and oxygen atoms in total. The Morgan fingerprint density at radius 3 is 2.12 bits per heavy atom. The summed E-state index contributed by atoms with van der Waals surface area (Å²) < 4.78 is 5.19. The van der Waals surface area contributed by atoms with Crippen molar-refractivity contribution in [2.45, 2.75) is 40.2 Å². The summed E-state index contributed by atoms with van der Waals surface area (Å²) in [5.74, 6) is -0.198. The van der Waals surface area contributed by atoms with Gasteiger partial charge in [-0.25, -0.2) is 4.79 Å². The van der Waals surface area contributed by atoms with Gasteiger partial charge in [-0.3, -0.25) is 10.1 Å². The number of benzene rings is 2. The first-order valence-corrected chi connectivity index (χ1v) is 8.13. The molecule has 2 aromatic rings. The summed E-state index contributed by atoms with van der Waals surface area (Å²) >= 11 is 0. The van der Waals surface area contributed by atoms with Gasteiger partial charge in [0, 0.05) is 16.9 Å². The first kappa shape index (κ1) is 18.5. The van der Waals surface area contributed by atoms with Crippen LogP contribution >= 0.6 is 0 Å². The quantitative estimate of drug-likeness (QED) is 0.835. The third kappa shape index (κ3) is 5.64. The van der Waals surface area contributed by atoms with Gasteiger partial charge in [0.05, 0.1) is 0 Å². The normalized spacial score (nSPS) is 10.9. The average Bonchev–Trinajstić information content (AvgIpc) is 2.48. The van der Waals surface area contributed by atoms with Crippen LogP contribution in [0.5, 0.6) is 0 Å². The number of carbonyl (C=O) groups is 2. The maximum Gasteiger partial charge on any atom is 0.412 e. The van der Waals surface area contributed by atoms with Crippen molar-refractivity contribution >= 4 is 23.4 Å². The van der Waals surface area contributed by atoms with Crippen molar-refractivity contribution in [2.24, 2.45) is 0 Å². The van der Waals surface area contributed by atoms with Crippen molar-refractivity contribution in [2.75, 3.05) is 10.6 Å². The molecule has 132 valence electrons. The zero-order valence-corrected chi connectivity index (χ0v) is 15.3. The number of aryl methyl sites for hydroxylation is 2. The van der Waals surface area contributed by atoms with Gasteiger partial charge in [-0.15, -0.1) is 0 Å². The lowest BCUT2D eigenvalue weighted by Gasteiger charge is -2.19. The Labute approximate surface area is 148 Å². The van der Waals surface area contributed by atoms with Gasteiger partial charge < -0.3 is 10.1 Å². The predicted octanol–water partition coefficient (Wildman–Crippen LogP) is 4.90. The summed E-state index contributed by atoms with van der Waals surface area (Å²) in [7, 11) is 0. The van der Waals surface area contributed by atoms with Crippen molar-refractivity contribution in [3.63, 3.8) is 0 Å². The van der Waals surface area contributed by atoms with E-state index in [-0.39, 0.29) is 5.91 Å². The van der Waals surface area contributed by atoms with Gasteiger partial charge >= 0.3 is 6.09 Å². The number of hydrogen-bond acceptors (Lipinski definition) is 3. The van der Waals surface area contributed by atoms with E-state index in [1.807, 2.05) is 32.0 Å². The van der Waals surface area contributed by atoms with Crippen molar-refractivity contribution in [1.29, 1.82) is 0 Å². The number of rotatable bonds is 3. The van der Waals surface area contributed by atoms with Crippen LogP contribution in [-0.2, 0) is 4.74 Å². The number of hydrogen-bond donors (Lipinski definition) is 2. The molecule has 0 aliphatic heterocycles. The molecule has 0 saturated heterocycles. The Balaban J connectivity index is 2.01. The van der Waals surface area contributed by atoms with Gasteiger partial charge in [0.1, 0.15) is 5.60 Å². The Kier molecular flexibility index (Phi) is 5.47. The van der Waals surface area contributed by atoms with Crippen LogP contribution in [0.4, 0.5) is 16.2 Å². The summed E-state index contributed by atoms with van der Waals surface area (Å²) in [6.07, 6.45) is -0.528. The minimum absolute atomic E-state index is 0.198. The van der Waals surface area contributed by atoms with Crippen molar-refractivity contribution in [3.05, 3.63) is 59.2 Å². The smallest absolute Gasteiger partial charge is 0.412 e. The Hall–Kier alpha value is -2.82. The molecule has 2 aromatic carbocycles. The van der Waals surface area contributed by atoms with Gasteiger partial charge in [0.15, 0.2) is 0 Å². The predicted molar refractivity (Wildman–Crippen MR) is 100 cm³/mol. The molecule has 0 aromatic heterocycles. The highest BCUT2D eigenvalue weighted by Gasteiger charge is 2.16. The number of ether oxygens (including phenoxy) is 1. The van der Waals surface area contributed by atoms with Crippen LogP contribution in [0.3, 0.4) is 0 Å². The SMILES string of the molecule is Cc1ccc(NC(=O)c2ccc(NC(=O)OC(C)(C)C)cc2)c(C)c1. The highest BCUT2D eigenvalue weighted by Crippen LogP contribution is 2.18. The van der Waals surface area contributed by atoms with Crippen LogP contribution in [0.25, 0.3) is 0 Å². The first-order valence-electron chi connectivity index (χ1n) is 8.13. The zero-order chi connectivity index (χ0) is 18.6. The Morgan fingerprint density at radius 2 is 1.56 bits per heavy atom. The lowest BCUT2D eigenvalue weighted by molar-refractivity contribution is 0.0636. The molecule has 0 aliphatic rings. The highest BCUT2D eigenvalue weighted by atomic mass is 16.6. The minimum Gasteiger partial charge on any atom is -0.444 e. The maximum absolute atomic E-state index is 12.3. The molecular formula is C20H24N2O3. The van der Waals surface area contributed by atoms with E-state index in [0.717, 1.165) is 16.8 Å². The van der Waals surface area contributed by atoms with E-state index in [0.29, 0.717) is 11.3 Å². The summed E-state index contributed by atoms with van der Waals surface area (Å²) in [6.45, 7) is 9.36. The molecule has 0 heterocycles. The Morgan fingerprint density at radius 1 is 0.920 bits per heavy atom. The number of nitrogens with one attached hydrogen (secondary N) is 2. The van der Waals surface area contributed by atoms with Gasteiger partial charge in [-0.2, -0.15) is 0 Å². The summed E-state index contributed by atoms with van der Waals surface area (Å²) in [4.78, 5) is 24.1. The molecular weight excluding hydrogens is 316 g/mol. The van der Waals surface area contributed by atoms with Crippen LogP contribution in [0.2, 0.25) is 0 Å². The standard InChI is InChI=1S/C20H24N2O3/c1-13-6-11-17(14(2)12-13)22-18(23)15-7-9-16(10-8-15)21-19(24)25-20(3,4)5/h6-12H,1-5H3,(H,21,24)(H,22,23). The van der Waals surface area contributed by atoms with Crippen LogP contribution in [0.1, 0.15) is 42.3 Å². The highest BCUT2D eigenvalue weighted by molar-refractivity contribution is 6.05. The third-order valence-corrected chi connectivity index (χ3v) is 3.42. The molecule has 0 radical (unpaired) electrons. The van der Waals surface area contributed by atoms with E-state index in [4.69, 9.17) is 4.74 Å². The molecule has 0 unspecified atom stereocenters. The molecule has 25 heavy (non-hydrogen) atoms. The molecule has 5 heteroatoms. The molecule has 0 spiro atoms. The van der Waals surface area contributed by atoms with E-state index in [1.165, 1.54) is 0 Å². The second kappa shape index (κ2) is 7.38. The van der Waals surface area contributed by atoms with Gasteiger partial charge in [0.25, 0.3) is 5.91 Å². The summed E-state index contributed by atoms with van der Waals surface area (Å²) in [5, 5.41) is 5.53. The molecule has 2 rings (SSSR count). The van der Waals surface area contributed by atoms with E-state index >= 15 is 0 Å². The van der Waals surface area contributed by atoms with Crippen LogP contribution in [0.15, 0.2) is 42.5 Å². The summed E-state index contributed by atoms with van der Waals surface area (Å²) in [6, 6.07) is 12.5. The lowest BCUT2D eigenvalue weighted by Crippen LogP contribution is -2.27. The van der Waals surface area contributed by atoms with Crippen LogP contribution < -0.4 is 10.6 Å². The first-order chi connectivity index (χ1) is 11.6. The number of anilines is 2. The number of carbonyl (C=O) groups excluding carboxylic acids is 2. The third-order valence-electron chi connectivity index (χ3n) is 3.42. The molecule has 0 aliphatic carbocycles. The fraction of sp³-hybridized carbons (Fsp3) is 0.300. The van der Waals surface area contributed by atoms with E-state index in [1.54, 1.807) is 45.0 Å². The van der Waals surface area contributed by atoms with Crippen molar-refractivity contribution in [1.82, 2.24) is 0 Å². The second-order valence-electron chi connectivity index (χ2n) is 6.98. The van der Waals surface area contributed by atoms with E-state index in [9.17, 15) is 9.59 Å². The molecule has 0 bridgehead atoms. The van der Waals surface area contributed by atoms with Gasteiger partial charge in [0.2, 0.25) is 0 Å². The average molecular weight is 340 g/mol. The minimum atomic E-state index is -0.560. The molecule has 0 atom stereocenters. The fourth-order valence-electron chi connectivity index (χ4n) is 2.27.